The van der Waals surface area contributed by atoms with Gasteiger partial charge in [-0.1, -0.05) is 25.3 Å². The fraction of sp³-hybridized carbons (Fsp3) is 0.533. The number of carboxylic acid groups (broad SMARTS) is 1. The van der Waals surface area contributed by atoms with Crippen molar-refractivity contribution in [2.45, 2.75) is 42.4 Å². The lowest BCUT2D eigenvalue weighted by atomic mass is 9.69. The van der Waals surface area contributed by atoms with Crippen LogP contribution in [0.15, 0.2) is 23.1 Å². The number of aliphatic carboxylic acids is 1. The van der Waals surface area contributed by atoms with Crippen LogP contribution in [-0.4, -0.2) is 24.4 Å². The van der Waals surface area contributed by atoms with Crippen molar-refractivity contribution < 1.29 is 14.6 Å². The summed E-state index contributed by atoms with van der Waals surface area (Å²) < 4.78 is 5.30. The van der Waals surface area contributed by atoms with E-state index in [9.17, 15) is 9.90 Å². The summed E-state index contributed by atoms with van der Waals surface area (Å²) in [6.07, 6.45) is 6.58. The molecular weight excluding hydrogens is 260 g/mol. The first-order valence-corrected chi connectivity index (χ1v) is 7.82. The van der Waals surface area contributed by atoms with Crippen molar-refractivity contribution >= 4 is 17.7 Å². The molecule has 1 aromatic carbocycles. The molecule has 0 aromatic heterocycles. The summed E-state index contributed by atoms with van der Waals surface area (Å²) in [4.78, 5) is 12.8. The van der Waals surface area contributed by atoms with Crippen molar-refractivity contribution in [2.75, 3.05) is 13.4 Å². The van der Waals surface area contributed by atoms with E-state index < -0.39 is 11.4 Å². The molecule has 3 nitrogen and oxygen atoms in total. The monoisotopic (exact) mass is 280 g/mol. The molecule has 4 heteroatoms. The second kappa shape index (κ2) is 5.87. The Kier molecular flexibility index (Phi) is 4.40. The van der Waals surface area contributed by atoms with Gasteiger partial charge in [-0.2, -0.15) is 0 Å². The quantitative estimate of drug-likeness (QED) is 0.854. The summed E-state index contributed by atoms with van der Waals surface area (Å²) >= 11 is 1.59. The Morgan fingerprint density at radius 2 is 2.00 bits per heavy atom. The number of carbonyl (C=O) groups is 1. The molecule has 0 saturated heterocycles. The highest BCUT2D eigenvalue weighted by Gasteiger charge is 2.41. The van der Waals surface area contributed by atoms with Gasteiger partial charge in [-0.05, 0) is 36.8 Å². The van der Waals surface area contributed by atoms with Gasteiger partial charge in [-0.25, -0.2) is 0 Å². The highest BCUT2D eigenvalue weighted by molar-refractivity contribution is 7.98. The SMILES string of the molecule is COc1ccc(C2(C(=O)O)CCCCC2)cc1SC. The zero-order valence-corrected chi connectivity index (χ0v) is 12.3. The molecule has 19 heavy (non-hydrogen) atoms. The molecule has 0 amide bonds. The molecule has 104 valence electrons. The van der Waals surface area contributed by atoms with Crippen LogP contribution in [-0.2, 0) is 10.2 Å². The predicted molar refractivity (Wildman–Crippen MR) is 77.2 cm³/mol. The lowest BCUT2D eigenvalue weighted by Gasteiger charge is -2.34. The van der Waals surface area contributed by atoms with E-state index >= 15 is 0 Å². The van der Waals surface area contributed by atoms with E-state index in [-0.39, 0.29) is 0 Å². The van der Waals surface area contributed by atoms with Gasteiger partial charge in [0, 0.05) is 4.90 Å². The Morgan fingerprint density at radius 3 is 2.53 bits per heavy atom. The minimum Gasteiger partial charge on any atom is -0.496 e. The fourth-order valence-corrected chi connectivity index (χ4v) is 3.51. The van der Waals surface area contributed by atoms with Gasteiger partial charge in [0.05, 0.1) is 12.5 Å². The minimum atomic E-state index is -0.699. The number of thioether (sulfide) groups is 1. The van der Waals surface area contributed by atoms with Crippen molar-refractivity contribution in [2.24, 2.45) is 0 Å². The maximum atomic E-state index is 11.8. The molecular formula is C15H20O3S. The fourth-order valence-electron chi connectivity index (χ4n) is 2.92. The van der Waals surface area contributed by atoms with Gasteiger partial charge in [0.2, 0.25) is 0 Å². The van der Waals surface area contributed by atoms with Crippen LogP contribution in [0.2, 0.25) is 0 Å². The van der Waals surface area contributed by atoms with Crippen LogP contribution >= 0.6 is 11.8 Å². The van der Waals surface area contributed by atoms with Crippen LogP contribution in [0, 0.1) is 0 Å². The van der Waals surface area contributed by atoms with Gasteiger partial charge < -0.3 is 9.84 Å². The maximum Gasteiger partial charge on any atom is 0.314 e. The molecule has 0 unspecified atom stereocenters. The first kappa shape index (κ1) is 14.3. The summed E-state index contributed by atoms with van der Waals surface area (Å²) in [6.45, 7) is 0. The van der Waals surface area contributed by atoms with Crippen LogP contribution < -0.4 is 4.74 Å². The van der Waals surface area contributed by atoms with E-state index in [4.69, 9.17) is 4.74 Å². The van der Waals surface area contributed by atoms with E-state index in [1.807, 2.05) is 24.5 Å². The molecule has 1 N–H and O–H groups in total. The number of rotatable bonds is 4. The third-order valence-electron chi connectivity index (χ3n) is 4.05. The van der Waals surface area contributed by atoms with E-state index in [0.29, 0.717) is 0 Å². The van der Waals surface area contributed by atoms with Gasteiger partial charge in [0.25, 0.3) is 0 Å². The molecule has 1 saturated carbocycles. The molecule has 1 aliphatic carbocycles. The van der Waals surface area contributed by atoms with E-state index in [1.54, 1.807) is 18.9 Å². The summed E-state index contributed by atoms with van der Waals surface area (Å²) in [5.74, 6) is 0.122. The topological polar surface area (TPSA) is 46.5 Å². The number of hydrogen-bond donors (Lipinski definition) is 1. The molecule has 0 radical (unpaired) electrons. The van der Waals surface area contributed by atoms with Gasteiger partial charge in [0.15, 0.2) is 0 Å². The first-order chi connectivity index (χ1) is 9.14. The van der Waals surface area contributed by atoms with Crippen molar-refractivity contribution in [1.82, 2.24) is 0 Å². The minimum absolute atomic E-state index is 0.690. The summed E-state index contributed by atoms with van der Waals surface area (Å²) in [7, 11) is 1.64. The Bertz CT molecular complexity index is 464. The number of carboxylic acids is 1. The highest BCUT2D eigenvalue weighted by atomic mass is 32.2. The zero-order chi connectivity index (χ0) is 13.9. The highest BCUT2D eigenvalue weighted by Crippen LogP contribution is 2.42. The second-order valence-electron chi connectivity index (χ2n) is 5.02. The standard InChI is InChI=1S/C15H20O3S/c1-18-12-7-6-11(10-13(12)19-2)15(14(16)17)8-4-3-5-9-15/h6-7,10H,3-5,8-9H2,1-2H3,(H,16,17). The average Bonchev–Trinajstić information content (AvgIpc) is 2.47. The average molecular weight is 280 g/mol. The van der Waals surface area contributed by atoms with Gasteiger partial charge in [-0.15, -0.1) is 11.8 Å². The molecule has 1 aromatic rings. The van der Waals surface area contributed by atoms with E-state index in [2.05, 4.69) is 0 Å². The third-order valence-corrected chi connectivity index (χ3v) is 4.81. The summed E-state index contributed by atoms with van der Waals surface area (Å²) in [5.41, 5.74) is 0.222. The zero-order valence-electron chi connectivity index (χ0n) is 11.4. The molecule has 1 aliphatic rings. The Hall–Kier alpha value is -1.16. The Labute approximate surface area is 118 Å². The summed E-state index contributed by atoms with van der Waals surface area (Å²) in [5, 5.41) is 9.69. The normalized spacial score (nSPS) is 18.0. The maximum absolute atomic E-state index is 11.8. The lowest BCUT2D eigenvalue weighted by molar-refractivity contribution is -0.145. The van der Waals surface area contributed by atoms with Crippen molar-refractivity contribution in [1.29, 1.82) is 0 Å². The molecule has 0 spiro atoms. The molecule has 1 fully saturated rings. The van der Waals surface area contributed by atoms with Crippen molar-refractivity contribution in [3.8, 4) is 5.75 Å². The van der Waals surface area contributed by atoms with Crippen LogP contribution in [0.4, 0.5) is 0 Å². The van der Waals surface area contributed by atoms with E-state index in [0.717, 1.165) is 48.3 Å². The number of benzene rings is 1. The lowest BCUT2D eigenvalue weighted by Crippen LogP contribution is -2.37. The van der Waals surface area contributed by atoms with Crippen LogP contribution in [0.1, 0.15) is 37.7 Å². The van der Waals surface area contributed by atoms with Crippen molar-refractivity contribution in [3.63, 3.8) is 0 Å². The predicted octanol–water partition coefficient (Wildman–Crippen LogP) is 3.70. The Balaban J connectivity index is 2.45. The van der Waals surface area contributed by atoms with Crippen molar-refractivity contribution in [3.05, 3.63) is 23.8 Å². The number of ether oxygens (including phenoxy) is 1. The van der Waals surface area contributed by atoms with Crippen LogP contribution in [0.25, 0.3) is 0 Å². The molecule has 0 aliphatic heterocycles. The Morgan fingerprint density at radius 1 is 1.32 bits per heavy atom. The van der Waals surface area contributed by atoms with Gasteiger partial charge in [-0.3, -0.25) is 4.79 Å². The molecule has 0 bridgehead atoms. The van der Waals surface area contributed by atoms with E-state index in [1.165, 1.54) is 0 Å². The number of hydrogen-bond acceptors (Lipinski definition) is 3. The molecule has 0 atom stereocenters. The first-order valence-electron chi connectivity index (χ1n) is 6.60. The van der Waals surface area contributed by atoms with Gasteiger partial charge in [0.1, 0.15) is 5.75 Å². The molecule has 0 heterocycles. The largest absolute Gasteiger partial charge is 0.496 e. The third kappa shape index (κ3) is 2.59. The summed E-state index contributed by atoms with van der Waals surface area (Å²) in [6, 6.07) is 5.79. The molecule has 2 rings (SSSR count). The smallest absolute Gasteiger partial charge is 0.314 e. The second-order valence-corrected chi connectivity index (χ2v) is 5.87. The van der Waals surface area contributed by atoms with Gasteiger partial charge >= 0.3 is 5.97 Å². The number of methoxy groups -OCH3 is 1. The van der Waals surface area contributed by atoms with Crippen LogP contribution in [0.3, 0.4) is 0 Å². The van der Waals surface area contributed by atoms with Crippen LogP contribution in [0.5, 0.6) is 5.75 Å².